The summed E-state index contributed by atoms with van der Waals surface area (Å²) in [6, 6.07) is 13.2. The molecule has 2 aromatic rings. The van der Waals surface area contributed by atoms with Gasteiger partial charge in [-0.2, -0.15) is 0 Å². The number of hydrogen-bond acceptors (Lipinski definition) is 4. The molecule has 3 rings (SSSR count). The van der Waals surface area contributed by atoms with E-state index in [4.69, 9.17) is 9.47 Å². The fraction of sp³-hybridized carbons (Fsp3) is 0.294. The molecule has 1 aromatic carbocycles. The van der Waals surface area contributed by atoms with Crippen molar-refractivity contribution in [2.45, 2.75) is 24.9 Å². The topological polar surface area (TPSA) is 48.4 Å². The van der Waals surface area contributed by atoms with Gasteiger partial charge in [0.2, 0.25) is 5.88 Å². The van der Waals surface area contributed by atoms with Crippen LogP contribution in [0.3, 0.4) is 0 Å². The van der Waals surface area contributed by atoms with Gasteiger partial charge in [-0.05, 0) is 25.0 Å². The highest BCUT2D eigenvalue weighted by atomic mass is 79.9. The van der Waals surface area contributed by atoms with Crippen LogP contribution in [-0.2, 0) is 21.6 Å². The summed E-state index contributed by atoms with van der Waals surface area (Å²) in [5.41, 5.74) is 1.20. The smallest absolute Gasteiger partial charge is 0.312 e. The summed E-state index contributed by atoms with van der Waals surface area (Å²) in [5.74, 6) is 0.228. The lowest BCUT2D eigenvalue weighted by Gasteiger charge is -2.18. The van der Waals surface area contributed by atoms with Gasteiger partial charge in [0.25, 0.3) is 0 Å². The normalized spacial score (nSPS) is 15.2. The Hall–Kier alpha value is -1.88. The molecular formula is C17H16BrNO3. The maximum Gasteiger partial charge on any atom is 0.312 e. The van der Waals surface area contributed by atoms with Crippen LogP contribution in [0, 0.1) is 0 Å². The molecule has 0 atom stereocenters. The molecule has 22 heavy (non-hydrogen) atoms. The van der Waals surface area contributed by atoms with E-state index in [1.165, 1.54) is 0 Å². The summed E-state index contributed by atoms with van der Waals surface area (Å²) in [5, 5.41) is 0. The molecule has 0 radical (unpaired) electrons. The first kappa shape index (κ1) is 15.0. The minimum Gasteiger partial charge on any atom is -0.481 e. The van der Waals surface area contributed by atoms with E-state index in [0.717, 1.165) is 22.9 Å². The Labute approximate surface area is 137 Å². The van der Waals surface area contributed by atoms with E-state index in [-0.39, 0.29) is 12.4 Å². The maximum atomic E-state index is 12.2. The molecule has 0 N–H and O–H groups in total. The molecule has 0 bridgehead atoms. The van der Waals surface area contributed by atoms with E-state index in [1.807, 2.05) is 30.3 Å². The fourth-order valence-electron chi connectivity index (χ4n) is 2.44. The van der Waals surface area contributed by atoms with Crippen LogP contribution in [0.25, 0.3) is 0 Å². The van der Waals surface area contributed by atoms with Crippen molar-refractivity contribution in [2.75, 3.05) is 7.11 Å². The van der Waals surface area contributed by atoms with Crippen molar-refractivity contribution in [1.82, 2.24) is 4.98 Å². The standard InChI is InChI=1S/C17H16BrNO3/c1-21-15-8-4-5-12(19-15)11-16(20)22-17(9-10-17)13-6-2-3-7-14(13)18/h2-8H,9-11H2,1H3. The number of methoxy groups -OCH3 is 1. The van der Waals surface area contributed by atoms with Gasteiger partial charge in [0.05, 0.1) is 19.2 Å². The van der Waals surface area contributed by atoms with Crippen LogP contribution in [0.1, 0.15) is 24.1 Å². The lowest BCUT2D eigenvalue weighted by molar-refractivity contribution is -0.151. The Kier molecular flexibility index (Phi) is 4.16. The summed E-state index contributed by atoms with van der Waals surface area (Å²) in [7, 11) is 1.55. The van der Waals surface area contributed by atoms with Crippen molar-refractivity contribution in [3.8, 4) is 5.88 Å². The van der Waals surface area contributed by atoms with Crippen LogP contribution < -0.4 is 4.74 Å². The van der Waals surface area contributed by atoms with Gasteiger partial charge in [-0.1, -0.05) is 40.2 Å². The number of pyridine rings is 1. The second-order valence-electron chi connectivity index (χ2n) is 5.30. The molecule has 0 amide bonds. The zero-order valence-electron chi connectivity index (χ0n) is 12.2. The molecule has 1 heterocycles. The van der Waals surface area contributed by atoms with Crippen LogP contribution in [0.2, 0.25) is 0 Å². The number of esters is 1. The first-order valence-electron chi connectivity index (χ1n) is 7.10. The van der Waals surface area contributed by atoms with E-state index < -0.39 is 5.60 Å². The Morgan fingerprint density at radius 2 is 2.00 bits per heavy atom. The van der Waals surface area contributed by atoms with Gasteiger partial charge >= 0.3 is 5.97 Å². The van der Waals surface area contributed by atoms with Crippen molar-refractivity contribution in [3.63, 3.8) is 0 Å². The third-order valence-electron chi connectivity index (χ3n) is 3.69. The lowest BCUT2D eigenvalue weighted by atomic mass is 10.1. The summed E-state index contributed by atoms with van der Waals surface area (Å²) in [6.07, 6.45) is 1.85. The van der Waals surface area contributed by atoms with E-state index >= 15 is 0 Å². The monoisotopic (exact) mass is 361 g/mol. The third-order valence-corrected chi connectivity index (χ3v) is 4.39. The van der Waals surface area contributed by atoms with Crippen molar-refractivity contribution in [2.24, 2.45) is 0 Å². The van der Waals surface area contributed by atoms with E-state index in [2.05, 4.69) is 20.9 Å². The molecule has 1 fully saturated rings. The summed E-state index contributed by atoms with van der Waals surface area (Å²) in [4.78, 5) is 16.5. The van der Waals surface area contributed by atoms with Crippen molar-refractivity contribution >= 4 is 21.9 Å². The molecular weight excluding hydrogens is 346 g/mol. The SMILES string of the molecule is COc1cccc(CC(=O)OC2(c3ccccc3Br)CC2)n1. The van der Waals surface area contributed by atoms with Crippen LogP contribution in [0.15, 0.2) is 46.9 Å². The molecule has 1 aliphatic rings. The zero-order valence-corrected chi connectivity index (χ0v) is 13.8. The quantitative estimate of drug-likeness (QED) is 0.763. The number of carbonyl (C=O) groups excluding carboxylic acids is 1. The summed E-state index contributed by atoms with van der Waals surface area (Å²) < 4.78 is 11.8. The van der Waals surface area contributed by atoms with Gasteiger partial charge in [-0.3, -0.25) is 4.79 Å². The van der Waals surface area contributed by atoms with Gasteiger partial charge in [-0.15, -0.1) is 0 Å². The molecule has 5 heteroatoms. The number of ether oxygens (including phenoxy) is 2. The zero-order chi connectivity index (χ0) is 15.6. The minimum absolute atomic E-state index is 0.142. The number of carbonyl (C=O) groups is 1. The molecule has 1 aromatic heterocycles. The fourth-order valence-corrected chi connectivity index (χ4v) is 3.09. The lowest BCUT2D eigenvalue weighted by Crippen LogP contribution is -2.20. The van der Waals surface area contributed by atoms with Gasteiger partial charge < -0.3 is 9.47 Å². The molecule has 114 valence electrons. The highest BCUT2D eigenvalue weighted by molar-refractivity contribution is 9.10. The second-order valence-corrected chi connectivity index (χ2v) is 6.15. The van der Waals surface area contributed by atoms with Gasteiger partial charge in [0, 0.05) is 16.1 Å². The Balaban J connectivity index is 1.70. The predicted molar refractivity (Wildman–Crippen MR) is 85.6 cm³/mol. The Morgan fingerprint density at radius 1 is 1.23 bits per heavy atom. The highest BCUT2D eigenvalue weighted by Crippen LogP contribution is 2.51. The average Bonchev–Trinajstić information content (AvgIpc) is 3.28. The van der Waals surface area contributed by atoms with Crippen molar-refractivity contribution < 1.29 is 14.3 Å². The summed E-state index contributed by atoms with van der Waals surface area (Å²) >= 11 is 3.53. The second kappa shape index (κ2) is 6.08. The Bertz CT molecular complexity index is 698. The molecule has 0 unspecified atom stereocenters. The maximum absolute atomic E-state index is 12.2. The van der Waals surface area contributed by atoms with Crippen molar-refractivity contribution in [1.29, 1.82) is 0 Å². The first-order chi connectivity index (χ1) is 10.6. The summed E-state index contributed by atoms with van der Waals surface area (Å²) in [6.45, 7) is 0. The third kappa shape index (κ3) is 3.14. The number of benzene rings is 1. The predicted octanol–water partition coefficient (Wildman–Crippen LogP) is 3.63. The average molecular weight is 362 g/mol. The molecule has 0 spiro atoms. The molecule has 0 saturated heterocycles. The molecule has 1 saturated carbocycles. The van der Waals surface area contributed by atoms with Crippen LogP contribution in [0.5, 0.6) is 5.88 Å². The molecule has 0 aliphatic heterocycles. The number of aromatic nitrogens is 1. The minimum atomic E-state index is -0.476. The van der Waals surface area contributed by atoms with E-state index in [0.29, 0.717) is 11.6 Å². The largest absolute Gasteiger partial charge is 0.481 e. The highest BCUT2D eigenvalue weighted by Gasteiger charge is 2.49. The van der Waals surface area contributed by atoms with Gasteiger partial charge in [0.15, 0.2) is 0 Å². The van der Waals surface area contributed by atoms with Gasteiger partial charge in [-0.25, -0.2) is 4.98 Å². The van der Waals surface area contributed by atoms with Crippen LogP contribution >= 0.6 is 15.9 Å². The number of halogens is 1. The van der Waals surface area contributed by atoms with E-state index in [9.17, 15) is 4.79 Å². The number of rotatable bonds is 5. The van der Waals surface area contributed by atoms with Gasteiger partial charge in [0.1, 0.15) is 5.60 Å². The number of hydrogen-bond donors (Lipinski definition) is 0. The number of nitrogens with zero attached hydrogens (tertiary/aromatic N) is 1. The van der Waals surface area contributed by atoms with Crippen LogP contribution in [-0.4, -0.2) is 18.1 Å². The molecule has 1 aliphatic carbocycles. The first-order valence-corrected chi connectivity index (χ1v) is 7.89. The Morgan fingerprint density at radius 3 is 2.68 bits per heavy atom. The van der Waals surface area contributed by atoms with Crippen molar-refractivity contribution in [3.05, 3.63) is 58.2 Å². The van der Waals surface area contributed by atoms with E-state index in [1.54, 1.807) is 19.2 Å². The van der Waals surface area contributed by atoms with Crippen LogP contribution in [0.4, 0.5) is 0 Å². The molecule has 4 nitrogen and oxygen atoms in total.